The number of rotatable bonds is 11. The lowest BCUT2D eigenvalue weighted by molar-refractivity contribution is -0.537. The van der Waals surface area contributed by atoms with Crippen LogP contribution in [0.15, 0.2) is 10.3 Å². The zero-order valence-electron chi connectivity index (χ0n) is 14.1. The van der Waals surface area contributed by atoms with Gasteiger partial charge in [0.05, 0.1) is 0 Å². The molecule has 0 atom stereocenters. The van der Waals surface area contributed by atoms with E-state index in [-0.39, 0.29) is 0 Å². The molecule has 1 aliphatic rings. The van der Waals surface area contributed by atoms with E-state index < -0.39 is 0 Å². The third kappa shape index (κ3) is 7.76. The second-order valence-corrected chi connectivity index (χ2v) is 6.96. The van der Waals surface area contributed by atoms with Crippen molar-refractivity contribution in [1.82, 2.24) is 0 Å². The summed E-state index contributed by atoms with van der Waals surface area (Å²) in [7, 11) is 0. The number of hydrogen-bond donors (Lipinski definition) is 0. The number of unbranched alkanes of at least 4 members (excludes halogenated alkanes) is 3. The van der Waals surface area contributed by atoms with Crippen LogP contribution in [0.5, 0.6) is 0 Å². The lowest BCUT2D eigenvalue weighted by atomic mass is 10.0. The molecule has 0 spiro atoms. The van der Waals surface area contributed by atoms with Gasteiger partial charge >= 0.3 is 0 Å². The molecule has 116 valence electrons. The molecular formula is C17H34N3+. The first-order valence-electron chi connectivity index (χ1n) is 8.59. The number of nitrogens with zero attached hydrogens (tertiary/aromatic N) is 3. The minimum absolute atomic E-state index is 0.829. The Morgan fingerprint density at radius 1 is 0.900 bits per heavy atom. The van der Waals surface area contributed by atoms with Gasteiger partial charge in [0.25, 0.3) is 0 Å². The molecule has 3 nitrogen and oxygen atoms in total. The fraction of sp³-hybridized carbons (Fsp3) is 0.941. The topological polar surface area (TPSA) is 27.7 Å². The Morgan fingerprint density at radius 3 is 2.20 bits per heavy atom. The predicted molar refractivity (Wildman–Crippen MR) is 86.5 cm³/mol. The summed E-state index contributed by atoms with van der Waals surface area (Å²) in [5.41, 5.74) is 1.44. The maximum atomic E-state index is 4.29. The van der Waals surface area contributed by atoms with Gasteiger partial charge in [-0.15, -0.1) is 4.68 Å². The highest BCUT2D eigenvalue weighted by molar-refractivity contribution is 5.82. The summed E-state index contributed by atoms with van der Waals surface area (Å²) in [5, 5.41) is 8.49. The molecule has 0 amide bonds. The first-order chi connectivity index (χ1) is 9.59. The third-order valence-corrected chi connectivity index (χ3v) is 3.94. The minimum Gasteiger partial charge on any atom is -0.135 e. The summed E-state index contributed by atoms with van der Waals surface area (Å²) in [6.45, 7) is 11.1. The first kappa shape index (κ1) is 17.3. The van der Waals surface area contributed by atoms with Crippen LogP contribution >= 0.6 is 0 Å². The van der Waals surface area contributed by atoms with Crippen molar-refractivity contribution < 1.29 is 4.68 Å². The van der Waals surface area contributed by atoms with E-state index in [1.807, 2.05) is 0 Å². The van der Waals surface area contributed by atoms with Gasteiger partial charge in [0, 0.05) is 11.5 Å². The van der Waals surface area contributed by atoms with Crippen LogP contribution in [0.4, 0.5) is 0 Å². The maximum absolute atomic E-state index is 4.29. The van der Waals surface area contributed by atoms with Crippen LogP contribution in [0.25, 0.3) is 0 Å². The lowest BCUT2D eigenvalue weighted by Gasteiger charge is -2.05. The van der Waals surface area contributed by atoms with Crippen molar-refractivity contribution in [2.45, 2.75) is 79.1 Å². The van der Waals surface area contributed by atoms with Gasteiger partial charge in [0.2, 0.25) is 6.54 Å². The lowest BCUT2D eigenvalue weighted by Crippen LogP contribution is -2.16. The van der Waals surface area contributed by atoms with Crippen LogP contribution in [-0.4, -0.2) is 23.5 Å². The molecular weight excluding hydrogens is 246 g/mol. The van der Waals surface area contributed by atoms with E-state index in [1.165, 1.54) is 57.1 Å². The summed E-state index contributed by atoms with van der Waals surface area (Å²) in [4.78, 5) is 0. The van der Waals surface area contributed by atoms with E-state index in [1.54, 1.807) is 0 Å². The quantitative estimate of drug-likeness (QED) is 0.365. The van der Waals surface area contributed by atoms with Crippen molar-refractivity contribution in [3.05, 3.63) is 0 Å². The molecule has 0 saturated heterocycles. The van der Waals surface area contributed by atoms with E-state index >= 15 is 0 Å². The number of hydrogen-bond acceptors (Lipinski definition) is 2. The van der Waals surface area contributed by atoms with Crippen molar-refractivity contribution in [1.29, 1.82) is 0 Å². The average molecular weight is 280 g/mol. The molecule has 0 saturated carbocycles. The van der Waals surface area contributed by atoms with Gasteiger partial charge in [-0.2, -0.15) is 0 Å². The van der Waals surface area contributed by atoms with Gasteiger partial charge in [0.15, 0.2) is 5.71 Å². The fourth-order valence-electron chi connectivity index (χ4n) is 2.62. The van der Waals surface area contributed by atoms with Crippen molar-refractivity contribution in [3.8, 4) is 0 Å². The van der Waals surface area contributed by atoms with Gasteiger partial charge < -0.3 is 0 Å². The summed E-state index contributed by atoms with van der Waals surface area (Å²) in [6, 6.07) is 0. The second kappa shape index (κ2) is 10.1. The molecule has 20 heavy (non-hydrogen) atoms. The molecule has 0 radical (unpaired) electrons. The van der Waals surface area contributed by atoms with Crippen molar-refractivity contribution in [3.63, 3.8) is 0 Å². The van der Waals surface area contributed by atoms with Crippen molar-refractivity contribution in [2.75, 3.05) is 13.1 Å². The van der Waals surface area contributed by atoms with Crippen LogP contribution in [0.1, 0.15) is 79.1 Å². The van der Waals surface area contributed by atoms with E-state index in [0.717, 1.165) is 24.9 Å². The Kier molecular flexibility index (Phi) is 8.72. The molecule has 1 heterocycles. The Balaban J connectivity index is 2.16. The summed E-state index contributed by atoms with van der Waals surface area (Å²) < 4.78 is 2.17. The van der Waals surface area contributed by atoms with Gasteiger partial charge in [-0.25, -0.2) is 0 Å². The van der Waals surface area contributed by atoms with Gasteiger partial charge in [-0.3, -0.25) is 0 Å². The predicted octanol–water partition coefficient (Wildman–Crippen LogP) is 5.25. The van der Waals surface area contributed by atoms with E-state index in [4.69, 9.17) is 0 Å². The second-order valence-electron chi connectivity index (χ2n) is 6.96. The molecule has 0 N–H and O–H groups in total. The molecule has 0 aromatic heterocycles. The molecule has 0 aromatic carbocycles. The molecule has 1 aliphatic heterocycles. The summed E-state index contributed by atoms with van der Waals surface area (Å²) in [5.74, 6) is 1.67. The summed E-state index contributed by atoms with van der Waals surface area (Å²) >= 11 is 0. The molecule has 0 fully saturated rings. The zero-order valence-corrected chi connectivity index (χ0v) is 14.1. The molecule has 1 rings (SSSR count). The van der Waals surface area contributed by atoms with Crippen LogP contribution < -0.4 is 0 Å². The minimum atomic E-state index is 0.829. The standard InChI is InChI=1S/C17H34N3/c1-15(2)10-6-5-9-13-20-17(14-18-19-20)12-8-7-11-16(3)4/h15-16H,5-14H2,1-4H3/q+1. The van der Waals surface area contributed by atoms with Gasteiger partial charge in [0.1, 0.15) is 11.8 Å². The third-order valence-electron chi connectivity index (χ3n) is 3.94. The van der Waals surface area contributed by atoms with E-state index in [2.05, 4.69) is 42.7 Å². The molecule has 0 aromatic rings. The largest absolute Gasteiger partial charge is 0.215 e. The fourth-order valence-corrected chi connectivity index (χ4v) is 2.62. The molecule has 0 aliphatic carbocycles. The SMILES string of the molecule is CC(C)CCCCC[N+]1=C(CCCCC(C)C)CN=N1. The van der Waals surface area contributed by atoms with Gasteiger partial charge in [-0.1, -0.05) is 53.4 Å². The normalized spacial score (nSPS) is 15.1. The van der Waals surface area contributed by atoms with Gasteiger partial charge in [-0.05, 0) is 31.1 Å². The Bertz CT molecular complexity index is 316. The average Bonchev–Trinajstić information content (AvgIpc) is 2.81. The van der Waals surface area contributed by atoms with Crippen LogP contribution in [-0.2, 0) is 0 Å². The maximum Gasteiger partial charge on any atom is 0.215 e. The van der Waals surface area contributed by atoms with E-state index in [9.17, 15) is 0 Å². The Labute approximate surface area is 125 Å². The highest BCUT2D eigenvalue weighted by Gasteiger charge is 2.19. The Hall–Kier alpha value is -0.730. The molecule has 0 bridgehead atoms. The molecule has 3 heteroatoms. The van der Waals surface area contributed by atoms with Crippen molar-refractivity contribution in [2.24, 2.45) is 22.2 Å². The summed E-state index contributed by atoms with van der Waals surface area (Å²) in [6.07, 6.45) is 10.4. The van der Waals surface area contributed by atoms with Crippen molar-refractivity contribution >= 4 is 5.71 Å². The highest BCUT2D eigenvalue weighted by Crippen LogP contribution is 2.12. The van der Waals surface area contributed by atoms with Crippen LogP contribution in [0.3, 0.4) is 0 Å². The Morgan fingerprint density at radius 2 is 1.55 bits per heavy atom. The smallest absolute Gasteiger partial charge is 0.135 e. The first-order valence-corrected chi connectivity index (χ1v) is 8.59. The highest BCUT2D eigenvalue weighted by atomic mass is 15.5. The monoisotopic (exact) mass is 280 g/mol. The van der Waals surface area contributed by atoms with Crippen LogP contribution in [0, 0.1) is 11.8 Å². The van der Waals surface area contributed by atoms with E-state index in [0.29, 0.717) is 0 Å². The van der Waals surface area contributed by atoms with Crippen LogP contribution in [0.2, 0.25) is 0 Å². The zero-order chi connectivity index (χ0) is 14.8. The molecule has 0 unspecified atom stereocenters.